The molecule has 1 saturated heterocycles. The van der Waals surface area contributed by atoms with Crippen molar-refractivity contribution in [1.29, 1.82) is 0 Å². The van der Waals surface area contributed by atoms with Crippen molar-refractivity contribution in [2.75, 3.05) is 4.90 Å². The molecule has 0 saturated carbocycles. The van der Waals surface area contributed by atoms with E-state index in [9.17, 15) is 10.1 Å². The van der Waals surface area contributed by atoms with E-state index in [1.54, 1.807) is 10.7 Å². The molecular formula is C35H45ClN2O3Ru-. The van der Waals surface area contributed by atoms with Crippen molar-refractivity contribution < 1.29 is 25.3 Å². The van der Waals surface area contributed by atoms with Gasteiger partial charge in [-0.05, 0) is 58.1 Å². The summed E-state index contributed by atoms with van der Waals surface area (Å²) in [6, 6.07) is 18.3. The van der Waals surface area contributed by atoms with Gasteiger partial charge in [-0.2, -0.15) is 0 Å². The molecule has 5 nitrogen and oxygen atoms in total. The fourth-order valence-electron chi connectivity index (χ4n) is 5.99. The van der Waals surface area contributed by atoms with Crippen molar-refractivity contribution in [2.24, 2.45) is 0 Å². The molecule has 1 aliphatic heterocycles. The van der Waals surface area contributed by atoms with Crippen LogP contribution in [0.3, 0.4) is 0 Å². The van der Waals surface area contributed by atoms with Crippen molar-refractivity contribution in [2.45, 2.75) is 98.6 Å². The van der Waals surface area contributed by atoms with E-state index >= 15 is 0 Å². The van der Waals surface area contributed by atoms with E-state index in [1.807, 2.05) is 13.8 Å². The number of nitrogens with zero attached hydrogens (tertiary/aromatic N) is 2. The molecule has 7 heteroatoms. The molecule has 1 fully saturated rings. The van der Waals surface area contributed by atoms with Gasteiger partial charge in [0.2, 0.25) is 0 Å². The normalized spacial score (nSPS) is 18.0. The number of nitro benzene ring substituents is 1. The predicted molar refractivity (Wildman–Crippen MR) is 174 cm³/mol. The number of ether oxygens (including phenoxy) is 1. The summed E-state index contributed by atoms with van der Waals surface area (Å²) < 4.78 is 7.31. The number of nitro groups is 1. The maximum Gasteiger partial charge on any atom is 0.0140 e. The van der Waals surface area contributed by atoms with Crippen LogP contribution in [0.1, 0.15) is 88.3 Å². The third-order valence-electron chi connectivity index (χ3n) is 7.67. The zero-order valence-corrected chi connectivity index (χ0v) is 28.9. The van der Waals surface area contributed by atoms with Gasteiger partial charge in [0, 0.05) is 11.2 Å². The minimum atomic E-state index is -0.440. The molecule has 3 aromatic carbocycles. The van der Waals surface area contributed by atoms with Crippen LogP contribution in [0.4, 0.5) is 11.4 Å². The molecule has 42 heavy (non-hydrogen) atoms. The number of non-ortho nitro benzene ring substituents is 1. The first-order valence-electron chi connectivity index (χ1n) is 14.6. The molecule has 1 heterocycles. The van der Waals surface area contributed by atoms with Gasteiger partial charge in [-0.25, -0.2) is 6.54 Å². The molecular weight excluding hydrogens is 633 g/mol. The van der Waals surface area contributed by atoms with E-state index < -0.39 is 20.6 Å². The summed E-state index contributed by atoms with van der Waals surface area (Å²) in [6.07, 6.45) is 3.30. The van der Waals surface area contributed by atoms with Gasteiger partial charge in [0.1, 0.15) is 0 Å². The first-order valence-corrected chi connectivity index (χ1v) is 17.8. The summed E-state index contributed by atoms with van der Waals surface area (Å²) in [5, 5.41) is 10.6. The van der Waals surface area contributed by atoms with E-state index in [-0.39, 0.29) is 22.7 Å². The van der Waals surface area contributed by atoms with Gasteiger partial charge in [-0.3, -0.25) is 0 Å². The average Bonchev–Trinajstić information content (AvgIpc) is 3.17. The topological polar surface area (TPSA) is 55.6 Å². The zero-order valence-electron chi connectivity index (χ0n) is 26.4. The largest absolute Gasteiger partial charge is 0.517 e. The molecule has 1 aliphatic rings. The SMILES string of the molecule is CC(C)Oc1ccc([N+](=O)[O-])cc1[CH]=[Ru][Cl].CCc1cccc(CC)c1N1[CH-]C(C)(c2cc(C)cc(C)c2)CC1(C)C. The Bertz CT molecular complexity index is 1390. The van der Waals surface area contributed by atoms with Crippen LogP contribution in [-0.4, -0.2) is 21.2 Å². The molecule has 0 N–H and O–H groups in total. The van der Waals surface area contributed by atoms with Gasteiger partial charge in [-0.1, -0.05) is 73.9 Å². The minimum absolute atomic E-state index is 0.0275. The van der Waals surface area contributed by atoms with Gasteiger partial charge in [-0.15, -0.1) is 5.41 Å². The second-order valence-corrected chi connectivity index (χ2v) is 14.0. The number of para-hydroxylation sites is 1. The van der Waals surface area contributed by atoms with E-state index in [1.165, 1.54) is 45.6 Å². The van der Waals surface area contributed by atoms with Crippen LogP contribution >= 0.6 is 9.69 Å². The Morgan fingerprint density at radius 2 is 1.64 bits per heavy atom. The van der Waals surface area contributed by atoms with E-state index in [0.29, 0.717) is 11.3 Å². The molecule has 0 radical (unpaired) electrons. The van der Waals surface area contributed by atoms with Crippen molar-refractivity contribution in [3.8, 4) is 5.75 Å². The number of halogens is 1. The van der Waals surface area contributed by atoms with Crippen LogP contribution in [0, 0.1) is 30.5 Å². The van der Waals surface area contributed by atoms with Gasteiger partial charge in [0.15, 0.2) is 0 Å². The number of benzene rings is 3. The van der Waals surface area contributed by atoms with Crippen LogP contribution in [-0.2, 0) is 33.9 Å². The molecule has 0 amide bonds. The third kappa shape index (κ3) is 8.08. The smallest absolute Gasteiger partial charge is 0.0140 e. The second kappa shape index (κ2) is 14.3. The van der Waals surface area contributed by atoms with Crippen molar-refractivity contribution >= 4 is 25.7 Å². The van der Waals surface area contributed by atoms with Crippen molar-refractivity contribution in [3.05, 3.63) is 105 Å². The number of anilines is 1. The Balaban J connectivity index is 0.000000260. The molecule has 1 atom stereocenters. The number of hydrogen-bond acceptors (Lipinski definition) is 4. The fourth-order valence-corrected chi connectivity index (χ4v) is 7.08. The number of hydrogen-bond donors (Lipinski definition) is 0. The Hall–Kier alpha value is -2.56. The number of aryl methyl sites for hydroxylation is 4. The van der Waals surface area contributed by atoms with Gasteiger partial charge < -0.3 is 4.90 Å². The monoisotopic (exact) mass is 678 g/mol. The van der Waals surface area contributed by atoms with Crippen LogP contribution in [0.15, 0.2) is 54.6 Å². The Labute approximate surface area is 263 Å². The van der Waals surface area contributed by atoms with Crippen LogP contribution in [0.5, 0.6) is 5.75 Å². The van der Waals surface area contributed by atoms with E-state index in [2.05, 4.69) is 96.3 Å². The Kier molecular flexibility index (Phi) is 11.5. The molecule has 229 valence electrons. The molecule has 0 aromatic heterocycles. The summed E-state index contributed by atoms with van der Waals surface area (Å²) in [7, 11) is 5.69. The summed E-state index contributed by atoms with van der Waals surface area (Å²) in [5.41, 5.74) is 9.41. The zero-order chi connectivity index (χ0) is 31.2. The molecule has 0 aliphatic carbocycles. The van der Waals surface area contributed by atoms with Gasteiger partial charge in [0.05, 0.1) is 0 Å². The predicted octanol–water partition coefficient (Wildman–Crippen LogP) is 9.31. The van der Waals surface area contributed by atoms with Gasteiger partial charge >= 0.3 is 105 Å². The molecule has 0 spiro atoms. The summed E-state index contributed by atoms with van der Waals surface area (Å²) in [4.78, 5) is 12.8. The molecule has 1 unspecified atom stereocenters. The first-order chi connectivity index (χ1) is 19.7. The van der Waals surface area contributed by atoms with Crippen LogP contribution in [0.25, 0.3) is 0 Å². The average molecular weight is 678 g/mol. The van der Waals surface area contributed by atoms with Crippen molar-refractivity contribution in [3.63, 3.8) is 0 Å². The third-order valence-corrected chi connectivity index (χ3v) is 8.86. The first kappa shape index (κ1) is 33.9. The summed E-state index contributed by atoms with van der Waals surface area (Å²) >= 11 is -0.440. The number of rotatable bonds is 8. The Morgan fingerprint density at radius 3 is 2.14 bits per heavy atom. The Morgan fingerprint density at radius 1 is 1.05 bits per heavy atom. The van der Waals surface area contributed by atoms with Crippen molar-refractivity contribution in [1.82, 2.24) is 0 Å². The fraction of sp³-hybridized carbons (Fsp3) is 0.429. The summed E-state index contributed by atoms with van der Waals surface area (Å²) in [6.45, 7) is 22.5. The summed E-state index contributed by atoms with van der Waals surface area (Å²) in [5.74, 6) is 0.635. The molecule has 3 aromatic rings. The standard InChI is InChI=1S/C25H34N.C10H11NO3.ClH.Ru/c1-8-20-11-10-12-21(9-2)23(20)26-17-25(7,16-24(26,5)6)22-14-18(3)13-19(4)15-22;1-7(2)14-10-5-4-9(11(12)13)6-8(10)3;;/h10-15,17H,8-9,16H2,1-7H3;3-7H,1-2H3;1H;/q-1;;;+1/p-1. The maximum absolute atomic E-state index is 10.6. The van der Waals surface area contributed by atoms with E-state index in [4.69, 9.17) is 14.4 Å². The van der Waals surface area contributed by atoms with Gasteiger partial charge in [0.25, 0.3) is 0 Å². The maximum atomic E-state index is 10.6. The molecule has 0 bridgehead atoms. The second-order valence-electron chi connectivity index (χ2n) is 12.2. The quantitative estimate of drug-likeness (QED) is 0.103. The minimum Gasteiger partial charge on any atom is -0.517 e. The van der Waals surface area contributed by atoms with Crippen LogP contribution < -0.4 is 9.64 Å². The molecule has 4 rings (SSSR count). The van der Waals surface area contributed by atoms with Crippen LogP contribution in [0.2, 0.25) is 0 Å². The van der Waals surface area contributed by atoms with E-state index in [0.717, 1.165) is 19.3 Å².